The Morgan fingerprint density at radius 1 is 1.19 bits per heavy atom. The van der Waals surface area contributed by atoms with Gasteiger partial charge in [-0.15, -0.1) is 0 Å². The van der Waals surface area contributed by atoms with Crippen LogP contribution in [-0.4, -0.2) is 41.5 Å². The Morgan fingerprint density at radius 3 is 2.65 bits per heavy atom. The number of hydrogen-bond donors (Lipinski definition) is 1. The molecule has 2 heterocycles. The third-order valence-electron chi connectivity index (χ3n) is 4.59. The quantitative estimate of drug-likeness (QED) is 0.830. The lowest BCUT2D eigenvalue weighted by molar-refractivity contribution is 0.0932. The molecule has 1 N–H and O–H groups in total. The number of amides is 1. The number of nitrogens with one attached hydrogen (secondary N) is 1. The van der Waals surface area contributed by atoms with Crippen molar-refractivity contribution < 1.29 is 9.53 Å². The van der Waals surface area contributed by atoms with Crippen LogP contribution in [0.2, 0.25) is 0 Å². The maximum atomic E-state index is 12.3. The Kier molecular flexibility index (Phi) is 6.61. The summed E-state index contributed by atoms with van der Waals surface area (Å²) >= 11 is 0. The summed E-state index contributed by atoms with van der Waals surface area (Å²) in [6.07, 6.45) is 7.17. The van der Waals surface area contributed by atoms with Crippen LogP contribution in [0.3, 0.4) is 0 Å². The lowest BCUT2D eigenvalue weighted by atomic mass is 10.1. The van der Waals surface area contributed by atoms with Gasteiger partial charge in [-0.1, -0.05) is 18.6 Å². The predicted molar refractivity (Wildman–Crippen MR) is 102 cm³/mol. The van der Waals surface area contributed by atoms with Crippen molar-refractivity contribution in [1.82, 2.24) is 15.2 Å². The summed E-state index contributed by atoms with van der Waals surface area (Å²) in [5, 5.41) is 2.93. The van der Waals surface area contributed by atoms with Crippen molar-refractivity contribution in [3.8, 4) is 5.75 Å². The van der Waals surface area contributed by atoms with Crippen molar-refractivity contribution in [3.63, 3.8) is 0 Å². The van der Waals surface area contributed by atoms with Crippen LogP contribution in [0.4, 0.5) is 0 Å². The van der Waals surface area contributed by atoms with Crippen LogP contribution < -0.4 is 10.1 Å². The number of likely N-dealkylation sites (tertiary alicyclic amines) is 1. The largest absolute Gasteiger partial charge is 0.487 e. The predicted octanol–water partition coefficient (Wildman–Crippen LogP) is 3.26. The molecule has 1 unspecified atom stereocenters. The number of carbonyl (C=O) groups is 1. The van der Waals surface area contributed by atoms with Crippen LogP contribution in [0.25, 0.3) is 0 Å². The first kappa shape index (κ1) is 18.4. The Morgan fingerprint density at radius 2 is 1.96 bits per heavy atom. The first-order valence-corrected chi connectivity index (χ1v) is 9.37. The van der Waals surface area contributed by atoms with Crippen LogP contribution >= 0.6 is 0 Å². The van der Waals surface area contributed by atoms with Crippen molar-refractivity contribution in [2.45, 2.75) is 38.8 Å². The maximum Gasteiger partial charge on any atom is 0.251 e. The van der Waals surface area contributed by atoms with E-state index in [1.807, 2.05) is 31.2 Å². The van der Waals surface area contributed by atoms with E-state index < -0.39 is 0 Å². The second-order valence-electron chi connectivity index (χ2n) is 6.86. The normalized spacial score (nSPS) is 16.0. The van der Waals surface area contributed by atoms with Crippen LogP contribution in [-0.2, 0) is 6.54 Å². The summed E-state index contributed by atoms with van der Waals surface area (Å²) in [6, 6.07) is 11.6. The minimum absolute atomic E-state index is 0.0730. The van der Waals surface area contributed by atoms with Crippen molar-refractivity contribution in [1.29, 1.82) is 0 Å². The maximum absolute atomic E-state index is 12.3. The van der Waals surface area contributed by atoms with Crippen molar-refractivity contribution in [2.75, 3.05) is 19.6 Å². The monoisotopic (exact) mass is 353 g/mol. The smallest absolute Gasteiger partial charge is 0.251 e. The highest BCUT2D eigenvalue weighted by atomic mass is 16.5. The summed E-state index contributed by atoms with van der Waals surface area (Å²) in [5.41, 5.74) is 1.94. The molecule has 5 heteroatoms. The van der Waals surface area contributed by atoms with E-state index in [1.165, 1.54) is 37.9 Å². The fraction of sp³-hybridized carbons (Fsp3) is 0.429. The van der Waals surface area contributed by atoms with Crippen LogP contribution in [0.5, 0.6) is 5.75 Å². The van der Waals surface area contributed by atoms with E-state index in [4.69, 9.17) is 4.74 Å². The molecule has 1 saturated heterocycles. The molecule has 1 fully saturated rings. The van der Waals surface area contributed by atoms with Gasteiger partial charge in [0, 0.05) is 18.3 Å². The highest BCUT2D eigenvalue weighted by molar-refractivity contribution is 5.94. The van der Waals surface area contributed by atoms with Crippen molar-refractivity contribution in [2.24, 2.45) is 0 Å². The SMILES string of the molecule is CC(CNC(=O)c1ccc(CN2CCCCC2)cc1)Oc1cccnc1. The molecule has 1 aromatic carbocycles. The van der Waals surface area contributed by atoms with Crippen LogP contribution in [0, 0.1) is 0 Å². The molecule has 0 radical (unpaired) electrons. The highest BCUT2D eigenvalue weighted by Gasteiger charge is 2.12. The van der Waals surface area contributed by atoms with E-state index in [0.29, 0.717) is 17.9 Å². The van der Waals surface area contributed by atoms with Gasteiger partial charge in [-0.05, 0) is 62.7 Å². The molecule has 3 rings (SSSR count). The highest BCUT2D eigenvalue weighted by Crippen LogP contribution is 2.14. The minimum atomic E-state index is -0.124. The molecule has 0 bridgehead atoms. The van der Waals surface area contributed by atoms with Crippen LogP contribution in [0.1, 0.15) is 42.1 Å². The lowest BCUT2D eigenvalue weighted by Gasteiger charge is -2.26. The van der Waals surface area contributed by atoms with Gasteiger partial charge in [0.1, 0.15) is 11.9 Å². The standard InChI is InChI=1S/C21H27N3O2/c1-17(26-20-6-5-11-22-15-20)14-23-21(25)19-9-7-18(8-10-19)16-24-12-3-2-4-13-24/h5-11,15,17H,2-4,12-14,16H2,1H3,(H,23,25). The molecule has 0 aliphatic carbocycles. The Hall–Kier alpha value is -2.40. The fourth-order valence-corrected chi connectivity index (χ4v) is 3.17. The van der Waals surface area contributed by atoms with E-state index in [2.05, 4.69) is 27.3 Å². The van der Waals surface area contributed by atoms with E-state index >= 15 is 0 Å². The number of piperidine rings is 1. The first-order chi connectivity index (χ1) is 12.7. The zero-order valence-electron chi connectivity index (χ0n) is 15.4. The number of ether oxygens (including phenoxy) is 1. The van der Waals surface area contributed by atoms with Gasteiger partial charge in [-0.2, -0.15) is 0 Å². The van der Waals surface area contributed by atoms with Gasteiger partial charge in [-0.3, -0.25) is 14.7 Å². The minimum Gasteiger partial charge on any atom is -0.487 e. The molecule has 2 aromatic rings. The summed E-state index contributed by atoms with van der Waals surface area (Å²) in [7, 11) is 0. The van der Waals surface area contributed by atoms with E-state index in [-0.39, 0.29) is 12.0 Å². The van der Waals surface area contributed by atoms with Gasteiger partial charge in [0.25, 0.3) is 5.91 Å². The average molecular weight is 353 g/mol. The number of hydrogen-bond acceptors (Lipinski definition) is 4. The van der Waals surface area contributed by atoms with E-state index in [1.54, 1.807) is 12.4 Å². The first-order valence-electron chi connectivity index (χ1n) is 9.37. The molecule has 1 aromatic heterocycles. The molecule has 138 valence electrons. The zero-order valence-corrected chi connectivity index (χ0v) is 15.4. The van der Waals surface area contributed by atoms with Gasteiger partial charge < -0.3 is 10.1 Å². The molecule has 26 heavy (non-hydrogen) atoms. The second-order valence-corrected chi connectivity index (χ2v) is 6.86. The van der Waals surface area contributed by atoms with Gasteiger partial charge in [0.15, 0.2) is 0 Å². The number of nitrogens with zero attached hydrogens (tertiary/aromatic N) is 2. The van der Waals surface area contributed by atoms with Crippen LogP contribution in [0.15, 0.2) is 48.8 Å². The summed E-state index contributed by atoms with van der Waals surface area (Å²) in [6.45, 7) is 5.70. The summed E-state index contributed by atoms with van der Waals surface area (Å²) in [4.78, 5) is 18.8. The van der Waals surface area contributed by atoms with E-state index in [9.17, 15) is 4.79 Å². The molecule has 0 saturated carbocycles. The molecule has 5 nitrogen and oxygen atoms in total. The Labute approximate surface area is 155 Å². The van der Waals surface area contributed by atoms with Gasteiger partial charge in [0.05, 0.1) is 12.7 Å². The topological polar surface area (TPSA) is 54.5 Å². The number of benzene rings is 1. The lowest BCUT2D eigenvalue weighted by Crippen LogP contribution is -2.33. The second kappa shape index (κ2) is 9.34. The third kappa shape index (κ3) is 5.56. The van der Waals surface area contributed by atoms with Gasteiger partial charge in [-0.25, -0.2) is 0 Å². The molecular formula is C21H27N3O2. The Bertz CT molecular complexity index is 682. The summed E-state index contributed by atoms with van der Waals surface area (Å²) < 4.78 is 5.72. The average Bonchev–Trinajstić information content (AvgIpc) is 2.68. The number of aromatic nitrogens is 1. The molecule has 1 aliphatic heterocycles. The van der Waals surface area contributed by atoms with E-state index in [0.717, 1.165) is 6.54 Å². The fourth-order valence-electron chi connectivity index (χ4n) is 3.17. The summed E-state index contributed by atoms with van der Waals surface area (Å²) in [5.74, 6) is 0.632. The number of carbonyl (C=O) groups excluding carboxylic acids is 1. The van der Waals surface area contributed by atoms with Gasteiger partial charge >= 0.3 is 0 Å². The molecule has 1 amide bonds. The molecule has 0 spiro atoms. The molecule has 1 atom stereocenters. The van der Waals surface area contributed by atoms with Crippen molar-refractivity contribution >= 4 is 5.91 Å². The van der Waals surface area contributed by atoms with Gasteiger partial charge in [0.2, 0.25) is 0 Å². The Balaban J connectivity index is 1.45. The molecular weight excluding hydrogens is 326 g/mol. The number of rotatable bonds is 7. The number of pyridine rings is 1. The van der Waals surface area contributed by atoms with Crippen molar-refractivity contribution in [3.05, 3.63) is 59.9 Å². The zero-order chi connectivity index (χ0) is 18.2. The molecule has 1 aliphatic rings. The third-order valence-corrected chi connectivity index (χ3v) is 4.59.